The van der Waals surface area contributed by atoms with E-state index in [1.807, 2.05) is 0 Å². The van der Waals surface area contributed by atoms with Crippen molar-refractivity contribution in [2.24, 2.45) is 11.3 Å². The first-order valence-corrected chi connectivity index (χ1v) is 8.49. The third-order valence-electron chi connectivity index (χ3n) is 4.77. The van der Waals surface area contributed by atoms with Gasteiger partial charge in [-0.05, 0) is 39.5 Å². The molecule has 1 spiro atoms. The van der Waals surface area contributed by atoms with Crippen LogP contribution in [0.5, 0.6) is 0 Å². The van der Waals surface area contributed by atoms with Crippen LogP contribution in [-0.2, 0) is 14.3 Å². The van der Waals surface area contributed by atoms with Crippen molar-refractivity contribution >= 4 is 18.0 Å². The van der Waals surface area contributed by atoms with E-state index >= 15 is 0 Å². The van der Waals surface area contributed by atoms with Gasteiger partial charge in [-0.3, -0.25) is 4.79 Å². The van der Waals surface area contributed by atoms with Crippen molar-refractivity contribution in [2.75, 3.05) is 19.6 Å². The van der Waals surface area contributed by atoms with Gasteiger partial charge in [-0.15, -0.1) is 0 Å². The average molecular weight is 340 g/mol. The van der Waals surface area contributed by atoms with Crippen molar-refractivity contribution in [1.29, 1.82) is 0 Å². The number of ether oxygens (including phenoxy) is 1. The highest BCUT2D eigenvalue weighted by Crippen LogP contribution is 2.42. The zero-order valence-electron chi connectivity index (χ0n) is 15.2. The van der Waals surface area contributed by atoms with Crippen LogP contribution in [0.3, 0.4) is 0 Å². The van der Waals surface area contributed by atoms with E-state index < -0.39 is 29.1 Å². The lowest BCUT2D eigenvalue weighted by Gasteiger charge is -2.30. The minimum atomic E-state index is -0.975. The fourth-order valence-corrected chi connectivity index (χ4v) is 3.62. The Morgan fingerprint density at radius 2 is 1.79 bits per heavy atom. The summed E-state index contributed by atoms with van der Waals surface area (Å²) in [4.78, 5) is 39.7. The first kappa shape index (κ1) is 18.5. The number of amides is 2. The summed E-state index contributed by atoms with van der Waals surface area (Å²) in [6.07, 6.45) is 0.734. The smallest absolute Gasteiger partial charge is 0.410 e. The summed E-state index contributed by atoms with van der Waals surface area (Å²) in [5.41, 5.74) is -1.23. The van der Waals surface area contributed by atoms with E-state index in [9.17, 15) is 19.5 Å². The second-order valence-electron chi connectivity index (χ2n) is 8.21. The van der Waals surface area contributed by atoms with Crippen molar-refractivity contribution in [3.63, 3.8) is 0 Å². The van der Waals surface area contributed by atoms with Gasteiger partial charge in [0.15, 0.2) is 0 Å². The Hall–Kier alpha value is -1.79. The SMILES string of the molecule is CC(C)C(C(=O)O)N1CC[C@]2(CCN(C(=O)OC(C)(C)C)C2)C1=O. The number of hydrogen-bond acceptors (Lipinski definition) is 4. The van der Waals surface area contributed by atoms with Gasteiger partial charge < -0.3 is 19.6 Å². The van der Waals surface area contributed by atoms with E-state index in [2.05, 4.69) is 0 Å². The lowest BCUT2D eigenvalue weighted by atomic mass is 9.85. The largest absolute Gasteiger partial charge is 0.480 e. The molecule has 24 heavy (non-hydrogen) atoms. The number of carboxylic acid groups (broad SMARTS) is 1. The normalized spacial score (nSPS) is 25.7. The number of likely N-dealkylation sites (tertiary alicyclic amines) is 2. The molecule has 0 radical (unpaired) electrons. The van der Waals surface area contributed by atoms with Crippen LogP contribution in [0, 0.1) is 11.3 Å². The Kier molecular flexibility index (Phi) is 4.84. The molecule has 0 aromatic rings. The predicted molar refractivity (Wildman–Crippen MR) is 87.4 cm³/mol. The van der Waals surface area contributed by atoms with Gasteiger partial charge in [0.05, 0.1) is 5.41 Å². The van der Waals surface area contributed by atoms with Crippen LogP contribution in [0.1, 0.15) is 47.5 Å². The molecule has 0 aliphatic carbocycles. The van der Waals surface area contributed by atoms with E-state index in [0.29, 0.717) is 32.5 Å². The fourth-order valence-electron chi connectivity index (χ4n) is 3.62. The van der Waals surface area contributed by atoms with Gasteiger partial charge in [-0.25, -0.2) is 9.59 Å². The Labute approximate surface area is 142 Å². The summed E-state index contributed by atoms with van der Waals surface area (Å²) >= 11 is 0. The minimum absolute atomic E-state index is 0.144. The third-order valence-corrected chi connectivity index (χ3v) is 4.77. The number of rotatable bonds is 3. The first-order valence-electron chi connectivity index (χ1n) is 8.49. The third kappa shape index (κ3) is 3.49. The number of hydrogen-bond donors (Lipinski definition) is 1. The molecule has 136 valence electrons. The van der Waals surface area contributed by atoms with Gasteiger partial charge in [0.25, 0.3) is 0 Å². The highest BCUT2D eigenvalue weighted by Gasteiger charge is 2.54. The Morgan fingerprint density at radius 3 is 2.29 bits per heavy atom. The summed E-state index contributed by atoms with van der Waals surface area (Å²) in [5, 5.41) is 9.44. The topological polar surface area (TPSA) is 87.2 Å². The quantitative estimate of drug-likeness (QED) is 0.848. The molecule has 2 aliphatic heterocycles. The fraction of sp³-hybridized carbons (Fsp3) is 0.824. The zero-order valence-corrected chi connectivity index (χ0v) is 15.2. The van der Waals surface area contributed by atoms with Gasteiger partial charge in [0.1, 0.15) is 11.6 Å². The molecule has 2 heterocycles. The number of carbonyl (C=O) groups excluding carboxylic acids is 2. The number of nitrogens with zero attached hydrogens (tertiary/aromatic N) is 2. The van der Waals surface area contributed by atoms with Crippen molar-refractivity contribution in [3.8, 4) is 0 Å². The molecular formula is C17H28N2O5. The van der Waals surface area contributed by atoms with Crippen molar-refractivity contribution in [1.82, 2.24) is 9.80 Å². The minimum Gasteiger partial charge on any atom is -0.480 e. The van der Waals surface area contributed by atoms with Crippen molar-refractivity contribution in [2.45, 2.75) is 59.1 Å². The molecular weight excluding hydrogens is 312 g/mol. The number of carboxylic acids is 1. The van der Waals surface area contributed by atoms with E-state index in [1.165, 1.54) is 4.90 Å². The van der Waals surface area contributed by atoms with Crippen LogP contribution in [0.15, 0.2) is 0 Å². The van der Waals surface area contributed by atoms with Crippen LogP contribution in [0.2, 0.25) is 0 Å². The molecule has 2 fully saturated rings. The Morgan fingerprint density at radius 1 is 1.21 bits per heavy atom. The van der Waals surface area contributed by atoms with Gasteiger partial charge in [0, 0.05) is 19.6 Å². The monoisotopic (exact) mass is 340 g/mol. The molecule has 0 saturated carbocycles. The van der Waals surface area contributed by atoms with Crippen molar-refractivity contribution in [3.05, 3.63) is 0 Å². The Balaban J connectivity index is 2.10. The number of aliphatic carboxylic acids is 1. The summed E-state index contributed by atoms with van der Waals surface area (Å²) in [6, 6.07) is -0.813. The molecule has 2 saturated heterocycles. The van der Waals surface area contributed by atoms with Crippen LogP contribution in [0.25, 0.3) is 0 Å². The Bertz CT molecular complexity index is 540. The van der Waals surface area contributed by atoms with Gasteiger partial charge in [-0.2, -0.15) is 0 Å². The average Bonchev–Trinajstić information content (AvgIpc) is 2.97. The maximum absolute atomic E-state index is 12.9. The van der Waals surface area contributed by atoms with Gasteiger partial charge in [0.2, 0.25) is 5.91 Å². The summed E-state index contributed by atoms with van der Waals surface area (Å²) in [7, 11) is 0. The van der Waals surface area contributed by atoms with Crippen LogP contribution in [-0.4, -0.2) is 64.2 Å². The second-order valence-corrected chi connectivity index (χ2v) is 8.21. The van der Waals surface area contributed by atoms with E-state index in [0.717, 1.165) is 0 Å². The standard InChI is InChI=1S/C17H28N2O5/c1-11(2)12(13(20)21)19-9-7-17(14(19)22)6-8-18(10-17)15(23)24-16(3,4)5/h11-12H,6-10H2,1-5H3,(H,20,21)/t12?,17-/m0/s1. The van der Waals surface area contributed by atoms with Crippen molar-refractivity contribution < 1.29 is 24.2 Å². The van der Waals surface area contributed by atoms with Crippen LogP contribution < -0.4 is 0 Å². The molecule has 1 N–H and O–H groups in total. The maximum Gasteiger partial charge on any atom is 0.410 e. The summed E-state index contributed by atoms with van der Waals surface area (Å²) < 4.78 is 5.38. The zero-order chi connectivity index (χ0) is 18.3. The number of carbonyl (C=O) groups is 3. The molecule has 0 aromatic heterocycles. The lowest BCUT2D eigenvalue weighted by molar-refractivity contribution is -0.152. The second kappa shape index (κ2) is 6.26. The van der Waals surface area contributed by atoms with Gasteiger partial charge in [-0.1, -0.05) is 13.8 Å². The predicted octanol–water partition coefficient (Wildman–Crippen LogP) is 1.96. The van der Waals surface area contributed by atoms with Crippen LogP contribution >= 0.6 is 0 Å². The maximum atomic E-state index is 12.9. The molecule has 2 atom stereocenters. The molecule has 7 heteroatoms. The lowest BCUT2D eigenvalue weighted by Crippen LogP contribution is -2.48. The molecule has 2 aliphatic rings. The molecule has 7 nitrogen and oxygen atoms in total. The highest BCUT2D eigenvalue weighted by molar-refractivity contribution is 5.90. The van der Waals surface area contributed by atoms with E-state index in [-0.39, 0.29) is 11.8 Å². The summed E-state index contributed by atoms with van der Waals surface area (Å²) in [5.74, 6) is -1.28. The molecule has 0 aromatic carbocycles. The molecule has 2 amide bonds. The molecule has 2 rings (SSSR count). The molecule has 1 unspecified atom stereocenters. The van der Waals surface area contributed by atoms with E-state index in [4.69, 9.17) is 4.74 Å². The van der Waals surface area contributed by atoms with Crippen LogP contribution in [0.4, 0.5) is 4.79 Å². The first-order chi connectivity index (χ1) is 11.0. The molecule has 0 bridgehead atoms. The van der Waals surface area contributed by atoms with E-state index in [1.54, 1.807) is 39.5 Å². The van der Waals surface area contributed by atoms with Gasteiger partial charge >= 0.3 is 12.1 Å². The summed E-state index contributed by atoms with van der Waals surface area (Å²) in [6.45, 7) is 10.2. The highest BCUT2D eigenvalue weighted by atomic mass is 16.6.